The molecule has 0 unspecified atom stereocenters. The first kappa shape index (κ1) is 14.1. The summed E-state index contributed by atoms with van der Waals surface area (Å²) in [6.45, 7) is 0.431. The lowest BCUT2D eigenvalue weighted by molar-refractivity contribution is -0.121. The third-order valence-corrected chi connectivity index (χ3v) is 2.66. The summed E-state index contributed by atoms with van der Waals surface area (Å²) in [7, 11) is 0. The Morgan fingerprint density at radius 3 is 2.76 bits per heavy atom. The van der Waals surface area contributed by atoms with Crippen molar-refractivity contribution in [2.45, 2.75) is 6.42 Å². The number of carbonyl (C=O) groups is 1. The quantitative estimate of drug-likeness (QED) is 0.835. The van der Waals surface area contributed by atoms with Gasteiger partial charge in [0.15, 0.2) is 0 Å². The molecule has 0 aliphatic rings. The van der Waals surface area contributed by atoms with E-state index in [0.29, 0.717) is 15.8 Å². The second kappa shape index (κ2) is 7.37. The van der Waals surface area contributed by atoms with Gasteiger partial charge in [0.1, 0.15) is 5.75 Å². The molecule has 2 N–H and O–H groups in total. The van der Waals surface area contributed by atoms with Crippen LogP contribution >= 0.6 is 23.2 Å². The van der Waals surface area contributed by atoms with E-state index in [1.54, 1.807) is 18.2 Å². The van der Waals surface area contributed by atoms with Gasteiger partial charge in [-0.2, -0.15) is 0 Å². The van der Waals surface area contributed by atoms with Gasteiger partial charge in [0.05, 0.1) is 29.7 Å². The number of amides is 1. The van der Waals surface area contributed by atoms with E-state index in [9.17, 15) is 4.79 Å². The van der Waals surface area contributed by atoms with E-state index in [2.05, 4.69) is 5.32 Å². The van der Waals surface area contributed by atoms with Gasteiger partial charge in [-0.1, -0.05) is 23.2 Å². The summed E-state index contributed by atoms with van der Waals surface area (Å²) in [6, 6.07) is 4.90. The molecule has 0 radical (unpaired) electrons. The molecule has 1 rings (SSSR count). The molecule has 1 amide bonds. The Balaban J connectivity index is 2.30. The summed E-state index contributed by atoms with van der Waals surface area (Å²) < 4.78 is 5.33. The number of benzene rings is 1. The molecule has 17 heavy (non-hydrogen) atoms. The van der Waals surface area contributed by atoms with Crippen molar-refractivity contribution in [3.8, 4) is 5.75 Å². The number of aliphatic hydroxyl groups is 1. The van der Waals surface area contributed by atoms with Crippen molar-refractivity contribution in [3.05, 3.63) is 28.2 Å². The molecule has 0 aromatic heterocycles. The second-order valence-electron chi connectivity index (χ2n) is 3.25. The van der Waals surface area contributed by atoms with Crippen molar-refractivity contribution in [2.75, 3.05) is 19.8 Å². The molecule has 0 saturated carbocycles. The molecule has 0 heterocycles. The van der Waals surface area contributed by atoms with Gasteiger partial charge in [0, 0.05) is 12.6 Å². The standard InChI is InChI=1S/C11H13Cl2NO3/c12-9-2-1-8(7-10(9)13)17-6-3-11(16)14-4-5-15/h1-2,7,15H,3-6H2,(H,14,16). The van der Waals surface area contributed by atoms with Crippen molar-refractivity contribution >= 4 is 29.1 Å². The summed E-state index contributed by atoms with van der Waals surface area (Å²) in [5, 5.41) is 11.9. The minimum Gasteiger partial charge on any atom is -0.493 e. The van der Waals surface area contributed by atoms with Gasteiger partial charge in [0.25, 0.3) is 0 Å². The average Bonchev–Trinajstić information content (AvgIpc) is 2.31. The maximum Gasteiger partial charge on any atom is 0.223 e. The van der Waals surface area contributed by atoms with Crippen molar-refractivity contribution in [3.63, 3.8) is 0 Å². The SMILES string of the molecule is O=C(CCOc1ccc(Cl)c(Cl)c1)NCCO. The van der Waals surface area contributed by atoms with Crippen LogP contribution in [0, 0.1) is 0 Å². The second-order valence-corrected chi connectivity index (χ2v) is 4.06. The van der Waals surface area contributed by atoms with Crippen molar-refractivity contribution in [1.82, 2.24) is 5.32 Å². The Morgan fingerprint density at radius 1 is 1.35 bits per heavy atom. The van der Waals surface area contributed by atoms with E-state index >= 15 is 0 Å². The third-order valence-electron chi connectivity index (χ3n) is 1.92. The highest BCUT2D eigenvalue weighted by Gasteiger charge is 2.03. The van der Waals surface area contributed by atoms with E-state index in [0.717, 1.165) is 0 Å². The molecule has 4 nitrogen and oxygen atoms in total. The highest BCUT2D eigenvalue weighted by molar-refractivity contribution is 6.42. The predicted molar refractivity (Wildman–Crippen MR) is 66.7 cm³/mol. The minimum atomic E-state index is -0.167. The topological polar surface area (TPSA) is 58.6 Å². The van der Waals surface area contributed by atoms with E-state index in [1.165, 1.54) is 0 Å². The number of halogens is 2. The highest BCUT2D eigenvalue weighted by Crippen LogP contribution is 2.26. The lowest BCUT2D eigenvalue weighted by Gasteiger charge is -2.07. The summed E-state index contributed by atoms with van der Waals surface area (Å²) >= 11 is 11.6. The van der Waals surface area contributed by atoms with Crippen LogP contribution in [-0.4, -0.2) is 30.8 Å². The first-order chi connectivity index (χ1) is 8.13. The van der Waals surface area contributed by atoms with Crippen LogP contribution < -0.4 is 10.1 Å². The first-order valence-corrected chi connectivity index (χ1v) is 5.84. The lowest BCUT2D eigenvalue weighted by Crippen LogP contribution is -2.27. The number of hydrogen-bond donors (Lipinski definition) is 2. The molecule has 0 saturated heterocycles. The Bertz CT molecular complexity index is 385. The number of ether oxygens (including phenoxy) is 1. The zero-order chi connectivity index (χ0) is 12.7. The highest BCUT2D eigenvalue weighted by atomic mass is 35.5. The Hall–Kier alpha value is -0.970. The smallest absolute Gasteiger partial charge is 0.223 e. The summed E-state index contributed by atoms with van der Waals surface area (Å²) in [6.07, 6.45) is 0.222. The van der Waals surface area contributed by atoms with E-state index in [4.69, 9.17) is 33.0 Å². The molecule has 0 aliphatic carbocycles. The van der Waals surface area contributed by atoms with Gasteiger partial charge in [-0.25, -0.2) is 0 Å². The zero-order valence-electron chi connectivity index (χ0n) is 9.08. The fourth-order valence-electron chi connectivity index (χ4n) is 1.11. The van der Waals surface area contributed by atoms with Crippen LogP contribution in [0.5, 0.6) is 5.75 Å². The molecule has 0 bridgehead atoms. The molecule has 0 spiro atoms. The molecule has 94 valence electrons. The normalized spacial score (nSPS) is 10.1. The predicted octanol–water partition coefficient (Wildman–Crippen LogP) is 1.87. The molecule has 0 aliphatic heterocycles. The van der Waals surface area contributed by atoms with Gasteiger partial charge in [-0.15, -0.1) is 0 Å². The van der Waals surface area contributed by atoms with Crippen molar-refractivity contribution in [2.24, 2.45) is 0 Å². The number of aliphatic hydroxyl groups excluding tert-OH is 1. The van der Waals surface area contributed by atoms with Gasteiger partial charge in [-0.3, -0.25) is 4.79 Å². The molecule has 0 fully saturated rings. The first-order valence-electron chi connectivity index (χ1n) is 5.09. The summed E-state index contributed by atoms with van der Waals surface area (Å²) in [5.41, 5.74) is 0. The Labute approximate surface area is 109 Å². The molecule has 1 aromatic rings. The van der Waals surface area contributed by atoms with Crippen molar-refractivity contribution < 1.29 is 14.6 Å². The van der Waals surface area contributed by atoms with Crippen molar-refractivity contribution in [1.29, 1.82) is 0 Å². The maximum absolute atomic E-state index is 11.2. The number of nitrogens with one attached hydrogen (secondary N) is 1. The summed E-state index contributed by atoms with van der Waals surface area (Å²) in [5.74, 6) is 0.397. The van der Waals surface area contributed by atoms with Gasteiger partial charge in [0.2, 0.25) is 5.91 Å². The Kier molecular flexibility index (Phi) is 6.11. The number of carbonyl (C=O) groups excluding carboxylic acids is 1. The fourth-order valence-corrected chi connectivity index (χ4v) is 1.40. The summed E-state index contributed by atoms with van der Waals surface area (Å²) in [4.78, 5) is 11.2. The Morgan fingerprint density at radius 2 is 2.12 bits per heavy atom. The van der Waals surface area contributed by atoms with E-state index in [1.807, 2.05) is 0 Å². The molecule has 1 aromatic carbocycles. The van der Waals surface area contributed by atoms with Crippen LogP contribution in [0.3, 0.4) is 0 Å². The molecule has 6 heteroatoms. The average molecular weight is 278 g/mol. The molecule has 0 atom stereocenters. The van der Waals surface area contributed by atoms with Crippen LogP contribution in [0.2, 0.25) is 10.0 Å². The van der Waals surface area contributed by atoms with Crippen LogP contribution in [0.4, 0.5) is 0 Å². The van der Waals surface area contributed by atoms with E-state index < -0.39 is 0 Å². The largest absolute Gasteiger partial charge is 0.493 e. The third kappa shape index (κ3) is 5.26. The zero-order valence-corrected chi connectivity index (χ0v) is 10.6. The minimum absolute atomic E-state index is 0.0701. The number of hydrogen-bond acceptors (Lipinski definition) is 3. The lowest BCUT2D eigenvalue weighted by atomic mass is 10.3. The monoisotopic (exact) mass is 277 g/mol. The number of rotatable bonds is 6. The van der Waals surface area contributed by atoms with Gasteiger partial charge >= 0.3 is 0 Å². The van der Waals surface area contributed by atoms with Gasteiger partial charge in [-0.05, 0) is 12.1 Å². The van der Waals surface area contributed by atoms with Gasteiger partial charge < -0.3 is 15.2 Å². The molecular weight excluding hydrogens is 265 g/mol. The van der Waals surface area contributed by atoms with Crippen LogP contribution in [-0.2, 0) is 4.79 Å². The van der Waals surface area contributed by atoms with Crippen LogP contribution in [0.25, 0.3) is 0 Å². The molecular formula is C11H13Cl2NO3. The van der Waals surface area contributed by atoms with Crippen LogP contribution in [0.15, 0.2) is 18.2 Å². The maximum atomic E-state index is 11.2. The van der Waals surface area contributed by atoms with Crippen LogP contribution in [0.1, 0.15) is 6.42 Å². The van der Waals surface area contributed by atoms with E-state index in [-0.39, 0.29) is 32.1 Å². The fraction of sp³-hybridized carbons (Fsp3) is 0.364.